The average Bonchev–Trinajstić information content (AvgIpc) is 2.38. The van der Waals surface area contributed by atoms with Gasteiger partial charge in [-0.2, -0.15) is 4.31 Å². The SMILES string of the molecule is CC1(C(=O)O)CCN(S(=O)(=O)c2ccc(Cl)cc2F)CC1. The largest absolute Gasteiger partial charge is 0.481 e. The van der Waals surface area contributed by atoms with Gasteiger partial charge in [-0.3, -0.25) is 4.79 Å². The number of rotatable bonds is 3. The Morgan fingerprint density at radius 2 is 1.95 bits per heavy atom. The second kappa shape index (κ2) is 5.55. The van der Waals surface area contributed by atoms with E-state index in [1.807, 2.05) is 0 Å². The molecule has 1 N–H and O–H groups in total. The smallest absolute Gasteiger partial charge is 0.309 e. The van der Waals surface area contributed by atoms with E-state index >= 15 is 0 Å². The monoisotopic (exact) mass is 335 g/mol. The van der Waals surface area contributed by atoms with Gasteiger partial charge in [0.05, 0.1) is 5.41 Å². The van der Waals surface area contributed by atoms with Gasteiger partial charge in [-0.1, -0.05) is 11.6 Å². The van der Waals surface area contributed by atoms with Crippen molar-refractivity contribution in [3.63, 3.8) is 0 Å². The molecule has 1 aromatic carbocycles. The van der Waals surface area contributed by atoms with Gasteiger partial charge >= 0.3 is 5.97 Å². The Kier molecular flexibility index (Phi) is 4.28. The maximum Gasteiger partial charge on any atom is 0.309 e. The first kappa shape index (κ1) is 16.2. The molecule has 1 saturated heterocycles. The second-order valence-corrected chi connectivity index (χ2v) is 7.69. The highest BCUT2D eigenvalue weighted by atomic mass is 35.5. The summed E-state index contributed by atoms with van der Waals surface area (Å²) in [6.45, 7) is 1.68. The van der Waals surface area contributed by atoms with Crippen molar-refractivity contribution in [2.45, 2.75) is 24.7 Å². The van der Waals surface area contributed by atoms with Gasteiger partial charge in [0.25, 0.3) is 0 Å². The number of sulfonamides is 1. The molecular weight excluding hydrogens is 321 g/mol. The maximum absolute atomic E-state index is 13.8. The predicted molar refractivity (Wildman–Crippen MR) is 75.1 cm³/mol. The Morgan fingerprint density at radius 1 is 1.38 bits per heavy atom. The number of carboxylic acids is 1. The number of benzene rings is 1. The fourth-order valence-corrected chi connectivity index (χ4v) is 3.90. The number of carbonyl (C=O) groups is 1. The van der Waals surface area contributed by atoms with E-state index in [9.17, 15) is 17.6 Å². The van der Waals surface area contributed by atoms with Crippen LogP contribution in [0.3, 0.4) is 0 Å². The molecule has 0 saturated carbocycles. The molecule has 1 aliphatic rings. The molecule has 1 fully saturated rings. The molecule has 1 heterocycles. The summed E-state index contributed by atoms with van der Waals surface area (Å²) in [7, 11) is -3.98. The lowest BCUT2D eigenvalue weighted by Crippen LogP contribution is -2.45. The van der Waals surface area contributed by atoms with Gasteiger partial charge in [0, 0.05) is 18.1 Å². The summed E-state index contributed by atoms with van der Waals surface area (Å²) in [5.41, 5.74) is -0.940. The van der Waals surface area contributed by atoms with E-state index in [4.69, 9.17) is 16.7 Å². The molecule has 2 rings (SSSR count). The van der Waals surface area contributed by atoms with E-state index in [2.05, 4.69) is 0 Å². The molecule has 0 aromatic heterocycles. The highest BCUT2D eigenvalue weighted by molar-refractivity contribution is 7.89. The third kappa shape index (κ3) is 3.04. The van der Waals surface area contributed by atoms with Crippen molar-refractivity contribution in [3.05, 3.63) is 29.0 Å². The van der Waals surface area contributed by atoms with Crippen molar-refractivity contribution in [3.8, 4) is 0 Å². The Labute approximate surface area is 127 Å². The maximum atomic E-state index is 13.8. The van der Waals surface area contributed by atoms with Crippen molar-refractivity contribution in [2.75, 3.05) is 13.1 Å². The Bertz CT molecular complexity index is 669. The molecule has 1 aliphatic heterocycles. The molecule has 0 unspecified atom stereocenters. The predicted octanol–water partition coefficient (Wildman–Crippen LogP) is 2.35. The minimum atomic E-state index is -3.98. The second-order valence-electron chi connectivity index (χ2n) is 5.34. The zero-order valence-corrected chi connectivity index (χ0v) is 12.9. The van der Waals surface area contributed by atoms with Gasteiger partial charge < -0.3 is 5.11 Å². The van der Waals surface area contributed by atoms with Crippen LogP contribution in [0.1, 0.15) is 19.8 Å². The zero-order chi connectivity index (χ0) is 15.8. The molecule has 0 aliphatic carbocycles. The first-order chi connectivity index (χ1) is 9.67. The summed E-state index contributed by atoms with van der Waals surface area (Å²) < 4.78 is 39.7. The van der Waals surface area contributed by atoms with Crippen molar-refractivity contribution < 1.29 is 22.7 Å². The number of piperidine rings is 1. The van der Waals surface area contributed by atoms with E-state index in [0.29, 0.717) is 0 Å². The molecule has 8 heteroatoms. The average molecular weight is 336 g/mol. The molecule has 5 nitrogen and oxygen atoms in total. The Balaban J connectivity index is 2.25. The minimum Gasteiger partial charge on any atom is -0.481 e. The van der Waals surface area contributed by atoms with Crippen LogP contribution >= 0.6 is 11.6 Å². The number of aliphatic carboxylic acids is 1. The third-order valence-corrected chi connectivity index (χ3v) is 6.02. The topological polar surface area (TPSA) is 74.7 Å². The van der Waals surface area contributed by atoms with Gasteiger partial charge in [-0.25, -0.2) is 12.8 Å². The van der Waals surface area contributed by atoms with E-state index < -0.39 is 32.1 Å². The molecule has 0 bridgehead atoms. The summed E-state index contributed by atoms with van der Waals surface area (Å²) in [5.74, 6) is -1.86. The highest BCUT2D eigenvalue weighted by Gasteiger charge is 2.40. The van der Waals surface area contributed by atoms with E-state index in [1.165, 1.54) is 6.07 Å². The lowest BCUT2D eigenvalue weighted by Gasteiger charge is -2.35. The number of hydrogen-bond acceptors (Lipinski definition) is 3. The van der Waals surface area contributed by atoms with Gasteiger partial charge in [-0.15, -0.1) is 0 Å². The first-order valence-electron chi connectivity index (χ1n) is 6.35. The van der Waals surface area contributed by atoms with Crippen molar-refractivity contribution in [1.82, 2.24) is 4.31 Å². The van der Waals surface area contributed by atoms with Gasteiger partial charge in [0.1, 0.15) is 10.7 Å². The molecule has 0 radical (unpaired) electrons. The van der Waals surface area contributed by atoms with Crippen LogP contribution in [0.15, 0.2) is 23.1 Å². The minimum absolute atomic E-state index is 0.0488. The van der Waals surface area contributed by atoms with Crippen LogP contribution in [0.5, 0.6) is 0 Å². The lowest BCUT2D eigenvalue weighted by molar-refractivity contribution is -0.150. The van der Waals surface area contributed by atoms with Crippen molar-refractivity contribution >= 4 is 27.6 Å². The van der Waals surface area contributed by atoms with Crippen LogP contribution < -0.4 is 0 Å². The zero-order valence-electron chi connectivity index (χ0n) is 11.3. The standard InChI is InChI=1S/C13H15ClFNO4S/c1-13(12(17)18)4-6-16(7-5-13)21(19,20)11-3-2-9(14)8-10(11)15/h2-3,8H,4-7H2,1H3,(H,17,18). The van der Waals surface area contributed by atoms with Crippen LogP contribution in [-0.4, -0.2) is 36.9 Å². The highest BCUT2D eigenvalue weighted by Crippen LogP contribution is 2.34. The van der Waals surface area contributed by atoms with Crippen LogP contribution in [0.2, 0.25) is 5.02 Å². The van der Waals surface area contributed by atoms with Crippen molar-refractivity contribution in [2.24, 2.45) is 5.41 Å². The molecule has 116 valence electrons. The van der Waals surface area contributed by atoms with Crippen LogP contribution in [0.25, 0.3) is 0 Å². The van der Waals surface area contributed by atoms with Crippen molar-refractivity contribution in [1.29, 1.82) is 0 Å². The molecule has 0 amide bonds. The Hall–Kier alpha value is -1.18. The summed E-state index contributed by atoms with van der Waals surface area (Å²) >= 11 is 5.61. The molecule has 0 spiro atoms. The number of halogens is 2. The molecule has 0 atom stereocenters. The van der Waals surface area contributed by atoms with Crippen LogP contribution in [0, 0.1) is 11.2 Å². The van der Waals surface area contributed by atoms with E-state index in [0.717, 1.165) is 16.4 Å². The fraction of sp³-hybridized carbons (Fsp3) is 0.462. The van der Waals surface area contributed by atoms with Crippen LogP contribution in [0.4, 0.5) is 4.39 Å². The molecule has 1 aromatic rings. The van der Waals surface area contributed by atoms with E-state index in [1.54, 1.807) is 6.92 Å². The summed E-state index contributed by atoms with van der Waals surface area (Å²) in [6, 6.07) is 3.38. The van der Waals surface area contributed by atoms with E-state index in [-0.39, 0.29) is 31.0 Å². The van der Waals surface area contributed by atoms with Gasteiger partial charge in [0.2, 0.25) is 10.0 Å². The summed E-state index contributed by atoms with van der Waals surface area (Å²) in [6.07, 6.45) is 0.382. The first-order valence-corrected chi connectivity index (χ1v) is 8.17. The summed E-state index contributed by atoms with van der Waals surface area (Å²) in [4.78, 5) is 10.7. The molecule has 21 heavy (non-hydrogen) atoms. The number of nitrogens with zero attached hydrogens (tertiary/aromatic N) is 1. The van der Waals surface area contributed by atoms with Crippen LogP contribution in [-0.2, 0) is 14.8 Å². The summed E-state index contributed by atoms with van der Waals surface area (Å²) in [5, 5.41) is 9.25. The lowest BCUT2D eigenvalue weighted by atomic mass is 9.81. The normalized spacial score (nSPS) is 19.4. The number of hydrogen-bond donors (Lipinski definition) is 1. The molecular formula is C13H15ClFNO4S. The Morgan fingerprint density at radius 3 is 2.43 bits per heavy atom. The van der Waals surface area contributed by atoms with Gasteiger partial charge in [0.15, 0.2) is 0 Å². The fourth-order valence-electron chi connectivity index (χ4n) is 2.26. The number of carboxylic acid groups (broad SMARTS) is 1. The van der Waals surface area contributed by atoms with Gasteiger partial charge in [-0.05, 0) is 38.0 Å². The third-order valence-electron chi connectivity index (χ3n) is 3.85. The quantitative estimate of drug-likeness (QED) is 0.920.